The lowest BCUT2D eigenvalue weighted by Crippen LogP contribution is -2.20. The lowest BCUT2D eigenvalue weighted by Gasteiger charge is -2.20. The van der Waals surface area contributed by atoms with Gasteiger partial charge in [0.05, 0.1) is 6.26 Å². The quantitative estimate of drug-likeness (QED) is 0.854. The van der Waals surface area contributed by atoms with Crippen LogP contribution in [0.5, 0.6) is 0 Å². The van der Waals surface area contributed by atoms with Gasteiger partial charge in [0.2, 0.25) is 0 Å². The molecule has 0 radical (unpaired) electrons. The molecule has 1 heterocycles. The molecule has 2 rings (SSSR count). The summed E-state index contributed by atoms with van der Waals surface area (Å²) in [5.41, 5.74) is 6.01. The van der Waals surface area contributed by atoms with Crippen LogP contribution in [0, 0.1) is 5.82 Å². The summed E-state index contributed by atoms with van der Waals surface area (Å²) in [6.07, 6.45) is 0.528. The molecule has 2 atom stereocenters. The minimum Gasteiger partial charge on any atom is -0.467 e. The van der Waals surface area contributed by atoms with E-state index in [1.165, 1.54) is 12.3 Å². The van der Waals surface area contributed by atoms with E-state index in [0.29, 0.717) is 11.3 Å². The van der Waals surface area contributed by atoms with E-state index in [9.17, 15) is 9.50 Å². The third-order valence-electron chi connectivity index (χ3n) is 2.77. The van der Waals surface area contributed by atoms with Crippen LogP contribution in [0.25, 0.3) is 0 Å². The summed E-state index contributed by atoms with van der Waals surface area (Å²) >= 11 is 0. The van der Waals surface area contributed by atoms with Gasteiger partial charge in [0.25, 0.3) is 0 Å². The van der Waals surface area contributed by atoms with E-state index < -0.39 is 12.0 Å². The number of benzene rings is 1. The van der Waals surface area contributed by atoms with Gasteiger partial charge in [0, 0.05) is 12.5 Å². The van der Waals surface area contributed by atoms with Crippen molar-refractivity contribution in [3.8, 4) is 0 Å². The number of halogens is 1. The van der Waals surface area contributed by atoms with Gasteiger partial charge in [-0.05, 0) is 23.8 Å². The predicted octanol–water partition coefficient (Wildman–Crippen LogP) is 2.19. The minimum absolute atomic E-state index is 0.142. The second-order valence-electron chi connectivity index (χ2n) is 3.82. The van der Waals surface area contributed by atoms with E-state index in [0.717, 1.165) is 0 Å². The second-order valence-corrected chi connectivity index (χ2v) is 3.82. The molecular weight excluding hydrogens is 221 g/mol. The third kappa shape index (κ3) is 2.38. The maximum Gasteiger partial charge on any atom is 0.132 e. The van der Waals surface area contributed by atoms with Crippen molar-refractivity contribution in [1.82, 2.24) is 0 Å². The molecule has 2 aromatic rings. The average molecular weight is 235 g/mol. The van der Waals surface area contributed by atoms with Gasteiger partial charge in [-0.1, -0.05) is 18.2 Å². The molecule has 3 nitrogen and oxygen atoms in total. The van der Waals surface area contributed by atoms with E-state index in [1.54, 1.807) is 30.3 Å². The van der Waals surface area contributed by atoms with Gasteiger partial charge in [-0.25, -0.2) is 4.39 Å². The Morgan fingerprint density at radius 3 is 2.59 bits per heavy atom. The van der Waals surface area contributed by atoms with Crippen molar-refractivity contribution in [3.05, 3.63) is 59.8 Å². The topological polar surface area (TPSA) is 59.4 Å². The molecule has 0 spiro atoms. The molecule has 3 N–H and O–H groups in total. The average Bonchev–Trinajstić information content (AvgIpc) is 2.86. The number of furan rings is 1. The first-order valence-corrected chi connectivity index (χ1v) is 5.40. The summed E-state index contributed by atoms with van der Waals surface area (Å²) in [6, 6.07) is 9.62. The molecule has 0 amide bonds. The maximum absolute atomic E-state index is 13.6. The zero-order valence-electron chi connectivity index (χ0n) is 9.21. The van der Waals surface area contributed by atoms with Crippen molar-refractivity contribution in [1.29, 1.82) is 0 Å². The van der Waals surface area contributed by atoms with Crippen molar-refractivity contribution in [2.45, 2.75) is 12.0 Å². The standard InChI is InChI=1S/C13H14FNO2/c14-11-5-2-1-4-9(11)10(8-15)13(16)12-6-3-7-17-12/h1-7,10,13,16H,8,15H2. The molecule has 2 unspecified atom stereocenters. The Morgan fingerprint density at radius 2 is 2.00 bits per heavy atom. The monoisotopic (exact) mass is 235 g/mol. The second kappa shape index (κ2) is 5.12. The predicted molar refractivity (Wildman–Crippen MR) is 61.9 cm³/mol. The summed E-state index contributed by atoms with van der Waals surface area (Å²) in [5, 5.41) is 10.1. The molecule has 1 aromatic heterocycles. The van der Waals surface area contributed by atoms with Crippen molar-refractivity contribution < 1.29 is 13.9 Å². The van der Waals surface area contributed by atoms with Gasteiger partial charge in [-0.2, -0.15) is 0 Å². The van der Waals surface area contributed by atoms with Crippen LogP contribution in [-0.4, -0.2) is 11.7 Å². The number of hydrogen-bond acceptors (Lipinski definition) is 3. The Morgan fingerprint density at radius 1 is 1.24 bits per heavy atom. The number of nitrogens with two attached hydrogens (primary N) is 1. The van der Waals surface area contributed by atoms with Crippen molar-refractivity contribution in [2.75, 3.05) is 6.54 Å². The largest absolute Gasteiger partial charge is 0.467 e. The van der Waals surface area contributed by atoms with Crippen LogP contribution >= 0.6 is 0 Å². The van der Waals surface area contributed by atoms with Gasteiger partial charge in [-0.3, -0.25) is 0 Å². The lowest BCUT2D eigenvalue weighted by molar-refractivity contribution is 0.120. The van der Waals surface area contributed by atoms with E-state index in [-0.39, 0.29) is 12.4 Å². The van der Waals surface area contributed by atoms with Gasteiger partial charge in [-0.15, -0.1) is 0 Å². The molecule has 0 saturated heterocycles. The summed E-state index contributed by atoms with van der Waals surface area (Å²) in [7, 11) is 0. The first kappa shape index (κ1) is 11.8. The van der Waals surface area contributed by atoms with E-state index in [2.05, 4.69) is 0 Å². The fraction of sp³-hybridized carbons (Fsp3) is 0.231. The van der Waals surface area contributed by atoms with Crippen molar-refractivity contribution in [2.24, 2.45) is 5.73 Å². The normalized spacial score (nSPS) is 14.5. The van der Waals surface area contributed by atoms with Crippen LogP contribution in [0.1, 0.15) is 23.3 Å². The zero-order valence-corrected chi connectivity index (χ0v) is 9.21. The van der Waals surface area contributed by atoms with Gasteiger partial charge < -0.3 is 15.3 Å². The summed E-state index contributed by atoms with van der Waals surface area (Å²) in [4.78, 5) is 0. The third-order valence-corrected chi connectivity index (χ3v) is 2.77. The molecule has 1 aromatic carbocycles. The highest BCUT2D eigenvalue weighted by Crippen LogP contribution is 2.31. The van der Waals surface area contributed by atoms with Crippen LogP contribution in [0.15, 0.2) is 47.1 Å². The SMILES string of the molecule is NCC(c1ccccc1F)C(O)c1ccco1. The first-order chi connectivity index (χ1) is 8.24. The van der Waals surface area contributed by atoms with Crippen LogP contribution < -0.4 is 5.73 Å². The highest BCUT2D eigenvalue weighted by molar-refractivity contribution is 5.25. The van der Waals surface area contributed by atoms with Crippen molar-refractivity contribution in [3.63, 3.8) is 0 Å². The summed E-state index contributed by atoms with van der Waals surface area (Å²) in [6.45, 7) is 0.142. The molecule has 4 heteroatoms. The number of aliphatic hydroxyl groups excluding tert-OH is 1. The van der Waals surface area contributed by atoms with Crippen LogP contribution in [0.3, 0.4) is 0 Å². The molecule has 0 fully saturated rings. The molecular formula is C13H14FNO2. The van der Waals surface area contributed by atoms with Crippen LogP contribution in [0.2, 0.25) is 0 Å². The molecule has 90 valence electrons. The van der Waals surface area contributed by atoms with Gasteiger partial charge in [0.1, 0.15) is 17.7 Å². The molecule has 0 aliphatic heterocycles. The zero-order chi connectivity index (χ0) is 12.3. The Bertz CT molecular complexity index is 470. The first-order valence-electron chi connectivity index (χ1n) is 5.40. The van der Waals surface area contributed by atoms with E-state index >= 15 is 0 Å². The van der Waals surface area contributed by atoms with Crippen LogP contribution in [-0.2, 0) is 0 Å². The fourth-order valence-electron chi connectivity index (χ4n) is 1.86. The molecule has 0 aliphatic rings. The minimum atomic E-state index is -0.938. The molecule has 0 aliphatic carbocycles. The Balaban J connectivity index is 2.31. The smallest absolute Gasteiger partial charge is 0.132 e. The van der Waals surface area contributed by atoms with Gasteiger partial charge >= 0.3 is 0 Å². The van der Waals surface area contributed by atoms with E-state index in [4.69, 9.17) is 10.2 Å². The van der Waals surface area contributed by atoms with Crippen molar-refractivity contribution >= 4 is 0 Å². The summed E-state index contributed by atoms with van der Waals surface area (Å²) in [5.74, 6) is -0.486. The Hall–Kier alpha value is -1.65. The lowest BCUT2D eigenvalue weighted by atomic mass is 9.91. The highest BCUT2D eigenvalue weighted by Gasteiger charge is 2.25. The fourth-order valence-corrected chi connectivity index (χ4v) is 1.86. The molecule has 0 bridgehead atoms. The Kier molecular flexibility index (Phi) is 3.56. The van der Waals surface area contributed by atoms with E-state index in [1.807, 2.05) is 0 Å². The molecule has 17 heavy (non-hydrogen) atoms. The number of hydrogen-bond donors (Lipinski definition) is 2. The summed E-state index contributed by atoms with van der Waals surface area (Å²) < 4.78 is 18.7. The number of rotatable bonds is 4. The Labute approximate surface area is 98.7 Å². The highest BCUT2D eigenvalue weighted by atomic mass is 19.1. The van der Waals surface area contributed by atoms with Crippen LogP contribution in [0.4, 0.5) is 4.39 Å². The maximum atomic E-state index is 13.6. The van der Waals surface area contributed by atoms with Gasteiger partial charge in [0.15, 0.2) is 0 Å². The molecule has 0 saturated carbocycles. The number of aliphatic hydroxyl groups is 1.